The van der Waals surface area contributed by atoms with Gasteiger partial charge >= 0.3 is 0 Å². The summed E-state index contributed by atoms with van der Waals surface area (Å²) in [6.07, 6.45) is 0. The lowest BCUT2D eigenvalue weighted by Gasteiger charge is -2.25. The molecule has 0 spiro atoms. The van der Waals surface area contributed by atoms with Gasteiger partial charge in [-0.05, 0) is 52.7 Å². The van der Waals surface area contributed by atoms with Crippen LogP contribution in [0, 0.1) is 5.82 Å². The van der Waals surface area contributed by atoms with E-state index in [4.69, 9.17) is 4.42 Å². The smallest absolute Gasteiger partial charge is 0.277 e. The summed E-state index contributed by atoms with van der Waals surface area (Å²) in [5.41, 5.74) is 1.66. The summed E-state index contributed by atoms with van der Waals surface area (Å²) < 4.78 is 19.6. The molecule has 27 heavy (non-hydrogen) atoms. The van der Waals surface area contributed by atoms with Crippen molar-refractivity contribution in [2.24, 2.45) is 0 Å². The molecule has 1 amide bonds. The first-order valence-corrected chi connectivity index (χ1v) is 9.96. The van der Waals surface area contributed by atoms with Crippen LogP contribution in [-0.2, 0) is 4.79 Å². The third-order valence-corrected chi connectivity index (χ3v) is 5.65. The Labute approximate surface area is 169 Å². The number of nitrogens with zero attached hydrogens (tertiary/aromatic N) is 3. The van der Waals surface area contributed by atoms with Crippen LogP contribution < -0.4 is 0 Å². The van der Waals surface area contributed by atoms with Crippen LogP contribution in [0.3, 0.4) is 0 Å². The fourth-order valence-electron chi connectivity index (χ4n) is 2.42. The number of carbonyl (C=O) groups excluding carboxylic acids is 1. The van der Waals surface area contributed by atoms with Crippen molar-refractivity contribution in [2.45, 2.75) is 18.2 Å². The summed E-state index contributed by atoms with van der Waals surface area (Å²) in [6, 6.07) is 13.5. The van der Waals surface area contributed by atoms with Gasteiger partial charge in [-0.1, -0.05) is 36.0 Å². The van der Waals surface area contributed by atoms with Gasteiger partial charge in [0.1, 0.15) is 5.82 Å². The van der Waals surface area contributed by atoms with Gasteiger partial charge in [0.15, 0.2) is 0 Å². The molecule has 5 nitrogen and oxygen atoms in total. The minimum Gasteiger partial charge on any atom is -0.411 e. The Kier molecular flexibility index (Phi) is 6.28. The van der Waals surface area contributed by atoms with Gasteiger partial charge in [-0.3, -0.25) is 4.79 Å². The second-order valence-corrected chi connectivity index (χ2v) is 7.65. The molecule has 0 saturated carbocycles. The molecule has 0 radical (unpaired) electrons. The van der Waals surface area contributed by atoms with E-state index in [2.05, 4.69) is 26.1 Å². The van der Waals surface area contributed by atoms with Crippen molar-refractivity contribution in [3.63, 3.8) is 0 Å². The van der Waals surface area contributed by atoms with E-state index in [9.17, 15) is 9.18 Å². The summed E-state index contributed by atoms with van der Waals surface area (Å²) >= 11 is 4.63. The van der Waals surface area contributed by atoms with Crippen LogP contribution in [0.5, 0.6) is 0 Å². The fourth-order valence-corrected chi connectivity index (χ4v) is 3.56. The molecule has 1 atom stereocenters. The highest BCUT2D eigenvalue weighted by Crippen LogP contribution is 2.29. The molecule has 2 aromatic carbocycles. The van der Waals surface area contributed by atoms with Crippen LogP contribution in [0.25, 0.3) is 11.5 Å². The fraction of sp³-hybridized carbons (Fsp3) is 0.211. The maximum atomic E-state index is 13.1. The molecule has 0 bridgehead atoms. The Morgan fingerprint density at radius 3 is 2.63 bits per heavy atom. The van der Waals surface area contributed by atoms with Crippen molar-refractivity contribution in [1.82, 2.24) is 15.1 Å². The predicted octanol–water partition coefficient (Wildman–Crippen LogP) is 4.95. The minimum atomic E-state index is -0.298. The first kappa shape index (κ1) is 19.6. The third kappa shape index (κ3) is 4.75. The summed E-state index contributed by atoms with van der Waals surface area (Å²) in [5.74, 6) is 0.176. The lowest BCUT2D eigenvalue weighted by molar-refractivity contribution is -0.128. The average molecular weight is 450 g/mol. The summed E-state index contributed by atoms with van der Waals surface area (Å²) in [5, 5.41) is 8.35. The summed E-state index contributed by atoms with van der Waals surface area (Å²) in [6.45, 7) is 1.90. The molecule has 3 rings (SSSR count). The van der Waals surface area contributed by atoms with Crippen LogP contribution in [0.1, 0.15) is 18.5 Å². The van der Waals surface area contributed by atoms with Gasteiger partial charge < -0.3 is 9.32 Å². The number of carbonyl (C=O) groups is 1. The SMILES string of the molecule is CC(c1ccc(F)cc1)N(C)C(=O)CSc1nnc(-c2ccccc2Br)o1. The minimum absolute atomic E-state index is 0.0857. The van der Waals surface area contributed by atoms with E-state index in [1.165, 1.54) is 23.9 Å². The van der Waals surface area contributed by atoms with Gasteiger partial charge in [-0.25, -0.2) is 4.39 Å². The van der Waals surface area contributed by atoms with E-state index in [-0.39, 0.29) is 23.5 Å². The monoisotopic (exact) mass is 449 g/mol. The highest BCUT2D eigenvalue weighted by Gasteiger charge is 2.19. The van der Waals surface area contributed by atoms with E-state index in [1.807, 2.05) is 31.2 Å². The molecule has 0 aliphatic rings. The second kappa shape index (κ2) is 8.67. The predicted molar refractivity (Wildman–Crippen MR) is 106 cm³/mol. The van der Waals surface area contributed by atoms with Crippen LogP contribution in [-0.4, -0.2) is 33.8 Å². The van der Waals surface area contributed by atoms with Crippen LogP contribution >= 0.6 is 27.7 Å². The van der Waals surface area contributed by atoms with Gasteiger partial charge in [0.2, 0.25) is 11.8 Å². The molecule has 8 heteroatoms. The molecule has 0 aliphatic heterocycles. The van der Waals surface area contributed by atoms with Crippen molar-refractivity contribution in [3.8, 4) is 11.5 Å². The van der Waals surface area contributed by atoms with Gasteiger partial charge in [0, 0.05) is 11.5 Å². The summed E-state index contributed by atoms with van der Waals surface area (Å²) in [7, 11) is 1.72. The number of rotatable bonds is 6. The largest absolute Gasteiger partial charge is 0.411 e. The van der Waals surface area contributed by atoms with E-state index in [0.717, 1.165) is 15.6 Å². The van der Waals surface area contributed by atoms with Crippen LogP contribution in [0.2, 0.25) is 0 Å². The van der Waals surface area contributed by atoms with E-state index in [0.29, 0.717) is 11.1 Å². The van der Waals surface area contributed by atoms with Crippen LogP contribution in [0.4, 0.5) is 4.39 Å². The Hall–Kier alpha value is -2.19. The highest BCUT2D eigenvalue weighted by atomic mass is 79.9. The molecule has 3 aromatic rings. The van der Waals surface area contributed by atoms with Gasteiger partial charge in [-0.15, -0.1) is 10.2 Å². The molecule has 0 aliphatic carbocycles. The average Bonchev–Trinajstić information content (AvgIpc) is 3.14. The quantitative estimate of drug-likeness (QED) is 0.498. The molecule has 1 aromatic heterocycles. The molecular formula is C19H17BrFN3O2S. The topological polar surface area (TPSA) is 59.2 Å². The number of aromatic nitrogens is 2. The van der Waals surface area contributed by atoms with Crippen molar-refractivity contribution in [3.05, 3.63) is 64.4 Å². The van der Waals surface area contributed by atoms with Crippen molar-refractivity contribution < 1.29 is 13.6 Å². The third-order valence-electron chi connectivity index (χ3n) is 4.16. The van der Waals surface area contributed by atoms with Crippen molar-refractivity contribution in [1.29, 1.82) is 0 Å². The maximum absolute atomic E-state index is 13.1. The van der Waals surface area contributed by atoms with Crippen molar-refractivity contribution in [2.75, 3.05) is 12.8 Å². The second-order valence-electron chi connectivity index (χ2n) is 5.87. The Morgan fingerprint density at radius 1 is 1.22 bits per heavy atom. The Bertz CT molecular complexity index is 933. The first-order chi connectivity index (χ1) is 13.0. The van der Waals surface area contributed by atoms with E-state index >= 15 is 0 Å². The zero-order chi connectivity index (χ0) is 19.4. The molecule has 1 unspecified atom stereocenters. The lowest BCUT2D eigenvalue weighted by Crippen LogP contribution is -2.31. The van der Waals surface area contributed by atoms with E-state index in [1.54, 1.807) is 24.1 Å². The number of hydrogen-bond acceptors (Lipinski definition) is 5. The maximum Gasteiger partial charge on any atom is 0.277 e. The zero-order valence-corrected chi connectivity index (χ0v) is 17.1. The van der Waals surface area contributed by atoms with Gasteiger partial charge in [-0.2, -0.15) is 0 Å². The Balaban J connectivity index is 1.60. The lowest BCUT2D eigenvalue weighted by atomic mass is 10.1. The highest BCUT2D eigenvalue weighted by molar-refractivity contribution is 9.10. The first-order valence-electron chi connectivity index (χ1n) is 8.18. The van der Waals surface area contributed by atoms with Gasteiger partial charge in [0.25, 0.3) is 5.22 Å². The molecule has 0 fully saturated rings. The van der Waals surface area contributed by atoms with Crippen LogP contribution in [0.15, 0.2) is 62.6 Å². The van der Waals surface area contributed by atoms with Gasteiger partial charge in [0.05, 0.1) is 17.4 Å². The molecule has 140 valence electrons. The van der Waals surface area contributed by atoms with E-state index < -0.39 is 0 Å². The summed E-state index contributed by atoms with van der Waals surface area (Å²) in [4.78, 5) is 14.1. The number of benzene rings is 2. The normalized spacial score (nSPS) is 12.0. The van der Waals surface area contributed by atoms with Crippen molar-refractivity contribution >= 4 is 33.6 Å². The molecule has 0 saturated heterocycles. The number of amides is 1. The zero-order valence-electron chi connectivity index (χ0n) is 14.7. The number of hydrogen-bond donors (Lipinski definition) is 0. The Morgan fingerprint density at radius 2 is 1.93 bits per heavy atom. The standard InChI is InChI=1S/C19H17BrFN3O2S/c1-12(13-7-9-14(21)10-8-13)24(2)17(25)11-27-19-23-22-18(26-19)15-5-3-4-6-16(15)20/h3-10,12H,11H2,1-2H3. The number of thioether (sulfide) groups is 1. The number of halogens is 2. The molecular weight excluding hydrogens is 433 g/mol. The molecule has 1 heterocycles. The molecule has 0 N–H and O–H groups in total.